The van der Waals surface area contributed by atoms with Crippen molar-refractivity contribution in [2.24, 2.45) is 0 Å². The Bertz CT molecular complexity index is 1470. The zero-order valence-corrected chi connectivity index (χ0v) is 19.1. The molecule has 5 rings (SSSR count). The van der Waals surface area contributed by atoms with E-state index in [2.05, 4.69) is 4.98 Å². The normalized spacial score (nSPS) is 15.1. The van der Waals surface area contributed by atoms with E-state index in [1.165, 1.54) is 15.4 Å². The summed E-state index contributed by atoms with van der Waals surface area (Å²) in [6.07, 6.45) is 4.67. The Hall–Kier alpha value is -3.69. The molecule has 1 aromatic carbocycles. The summed E-state index contributed by atoms with van der Waals surface area (Å²) >= 11 is 6.53. The molecule has 1 aliphatic rings. The van der Waals surface area contributed by atoms with Gasteiger partial charge in [0.2, 0.25) is 5.88 Å². The molecule has 1 saturated heterocycles. The van der Waals surface area contributed by atoms with Gasteiger partial charge in [0.1, 0.15) is 27.0 Å². The first-order chi connectivity index (χ1) is 16.0. The molecule has 9 heteroatoms. The molecule has 3 aromatic heterocycles. The monoisotopic (exact) mass is 475 g/mol. The van der Waals surface area contributed by atoms with Crippen molar-refractivity contribution < 1.29 is 13.9 Å². The fourth-order valence-electron chi connectivity index (χ4n) is 3.38. The number of aromatic nitrogens is 2. The second kappa shape index (κ2) is 8.68. The molecule has 0 atom stereocenters. The van der Waals surface area contributed by atoms with Crippen LogP contribution in [0.15, 0.2) is 81.2 Å². The fourth-order valence-corrected chi connectivity index (χ4v) is 4.62. The number of pyridine rings is 1. The molecule has 1 aliphatic heterocycles. The van der Waals surface area contributed by atoms with E-state index < -0.39 is 0 Å². The Morgan fingerprint density at radius 2 is 1.94 bits per heavy atom. The average molecular weight is 476 g/mol. The van der Waals surface area contributed by atoms with Crippen LogP contribution in [0.3, 0.4) is 0 Å². The standard InChI is InChI=1S/C24H17N3O4S2/c1-15-7-2-3-9-18(15)31-21-17(22(28)26-11-5-4-10-20(26)25-21)13-19-23(29)27(24(32)33-19)14-16-8-6-12-30-16/h2-13H,14H2,1H3/b19-13+. The lowest BCUT2D eigenvalue weighted by atomic mass is 10.2. The lowest BCUT2D eigenvalue weighted by Gasteiger charge is -2.12. The quantitative estimate of drug-likeness (QED) is 0.303. The van der Waals surface area contributed by atoms with Crippen molar-refractivity contribution in [3.63, 3.8) is 0 Å². The molecule has 4 heterocycles. The summed E-state index contributed by atoms with van der Waals surface area (Å²) in [7, 11) is 0. The Labute approximate surface area is 198 Å². The van der Waals surface area contributed by atoms with Crippen LogP contribution in [0.4, 0.5) is 0 Å². The molecule has 7 nitrogen and oxygen atoms in total. The SMILES string of the molecule is Cc1ccccc1Oc1nc2ccccn2c(=O)c1/C=C1/SC(=S)N(Cc2ccco2)C1=O. The second-order valence-corrected chi connectivity index (χ2v) is 8.96. The number of hydrogen-bond donors (Lipinski definition) is 0. The molecular weight excluding hydrogens is 458 g/mol. The maximum atomic E-state index is 13.4. The lowest BCUT2D eigenvalue weighted by Crippen LogP contribution is -2.27. The molecule has 0 spiro atoms. The average Bonchev–Trinajstić information content (AvgIpc) is 3.42. The minimum atomic E-state index is -0.347. The molecule has 1 fully saturated rings. The summed E-state index contributed by atoms with van der Waals surface area (Å²) < 4.78 is 13.2. The van der Waals surface area contributed by atoms with Crippen molar-refractivity contribution in [2.75, 3.05) is 0 Å². The number of thioether (sulfide) groups is 1. The molecule has 0 N–H and O–H groups in total. The van der Waals surface area contributed by atoms with Crippen molar-refractivity contribution >= 4 is 45.9 Å². The summed E-state index contributed by atoms with van der Waals surface area (Å²) in [4.78, 5) is 32.7. The zero-order valence-electron chi connectivity index (χ0n) is 17.4. The van der Waals surface area contributed by atoms with Crippen LogP contribution in [0.2, 0.25) is 0 Å². The van der Waals surface area contributed by atoms with Crippen molar-refractivity contribution in [3.8, 4) is 11.6 Å². The van der Waals surface area contributed by atoms with Crippen LogP contribution in [-0.2, 0) is 11.3 Å². The molecule has 0 saturated carbocycles. The molecule has 0 radical (unpaired) electrons. The third kappa shape index (κ3) is 4.08. The van der Waals surface area contributed by atoms with Gasteiger partial charge in [-0.2, -0.15) is 4.98 Å². The smallest absolute Gasteiger partial charge is 0.269 e. The number of furan rings is 1. The van der Waals surface area contributed by atoms with Crippen LogP contribution in [-0.4, -0.2) is 24.5 Å². The summed E-state index contributed by atoms with van der Waals surface area (Å²) in [6.45, 7) is 2.12. The first kappa shape index (κ1) is 21.2. The molecule has 0 bridgehead atoms. The van der Waals surface area contributed by atoms with Crippen molar-refractivity contribution in [1.29, 1.82) is 0 Å². The van der Waals surface area contributed by atoms with Crippen LogP contribution in [0, 0.1) is 6.92 Å². The molecule has 1 amide bonds. The summed E-state index contributed by atoms with van der Waals surface area (Å²) in [5.41, 5.74) is 1.15. The number of carbonyl (C=O) groups excluding carboxylic acids is 1. The highest BCUT2D eigenvalue weighted by Gasteiger charge is 2.33. The number of carbonyl (C=O) groups is 1. The van der Waals surface area contributed by atoms with Crippen LogP contribution in [0.1, 0.15) is 16.9 Å². The van der Waals surface area contributed by atoms with E-state index in [9.17, 15) is 9.59 Å². The first-order valence-electron chi connectivity index (χ1n) is 10.0. The minimum Gasteiger partial charge on any atom is -0.467 e. The van der Waals surface area contributed by atoms with Gasteiger partial charge in [0.05, 0.1) is 17.7 Å². The summed E-state index contributed by atoms with van der Waals surface area (Å²) in [5, 5.41) is 0. The van der Waals surface area contributed by atoms with Crippen LogP contribution in [0.5, 0.6) is 11.6 Å². The lowest BCUT2D eigenvalue weighted by molar-refractivity contribution is -0.122. The number of nitrogens with zero attached hydrogens (tertiary/aromatic N) is 3. The largest absolute Gasteiger partial charge is 0.467 e. The van der Waals surface area contributed by atoms with Crippen molar-refractivity contribution in [1.82, 2.24) is 14.3 Å². The Morgan fingerprint density at radius 3 is 2.73 bits per heavy atom. The number of thiocarbonyl (C=S) groups is 1. The van der Waals surface area contributed by atoms with E-state index >= 15 is 0 Å². The van der Waals surface area contributed by atoms with E-state index in [-0.39, 0.29) is 29.5 Å². The Kier molecular flexibility index (Phi) is 5.57. The molecule has 4 aromatic rings. The third-order valence-corrected chi connectivity index (χ3v) is 6.46. The van der Waals surface area contributed by atoms with Gasteiger partial charge in [0.15, 0.2) is 0 Å². The molecule has 0 unspecified atom stereocenters. The predicted molar refractivity (Wildman–Crippen MR) is 130 cm³/mol. The number of hydrogen-bond acceptors (Lipinski definition) is 7. The number of para-hydroxylation sites is 1. The number of amides is 1. The van der Waals surface area contributed by atoms with Crippen molar-refractivity contribution in [3.05, 3.63) is 99.2 Å². The first-order valence-corrected chi connectivity index (χ1v) is 11.3. The highest BCUT2D eigenvalue weighted by atomic mass is 32.2. The van der Waals surface area contributed by atoms with Crippen LogP contribution < -0.4 is 10.3 Å². The number of aryl methyl sites for hydroxylation is 1. The number of rotatable bonds is 5. The maximum Gasteiger partial charge on any atom is 0.269 e. The maximum absolute atomic E-state index is 13.4. The molecule has 33 heavy (non-hydrogen) atoms. The molecular formula is C24H17N3O4S2. The number of benzene rings is 1. The Morgan fingerprint density at radius 1 is 1.12 bits per heavy atom. The van der Waals surface area contributed by atoms with E-state index in [4.69, 9.17) is 21.4 Å². The Balaban J connectivity index is 1.59. The summed E-state index contributed by atoms with van der Waals surface area (Å²) in [6, 6.07) is 16.2. The summed E-state index contributed by atoms with van der Waals surface area (Å²) in [5.74, 6) is 1.01. The molecule has 0 aliphatic carbocycles. The minimum absolute atomic E-state index is 0.122. The topological polar surface area (TPSA) is 77.1 Å². The van der Waals surface area contributed by atoms with E-state index in [0.717, 1.165) is 17.3 Å². The highest BCUT2D eigenvalue weighted by Crippen LogP contribution is 2.35. The number of ether oxygens (including phenoxy) is 1. The van der Waals surface area contributed by atoms with Gasteiger partial charge in [-0.25, -0.2) is 0 Å². The van der Waals surface area contributed by atoms with Crippen molar-refractivity contribution in [2.45, 2.75) is 13.5 Å². The van der Waals surface area contributed by atoms with Gasteiger partial charge >= 0.3 is 0 Å². The van der Waals surface area contributed by atoms with Gasteiger partial charge in [-0.3, -0.25) is 18.9 Å². The zero-order chi connectivity index (χ0) is 22.9. The van der Waals surface area contributed by atoms with Crippen LogP contribution >= 0.6 is 24.0 Å². The van der Waals surface area contributed by atoms with E-state index in [0.29, 0.717) is 26.4 Å². The van der Waals surface area contributed by atoms with E-state index in [1.54, 1.807) is 48.9 Å². The van der Waals surface area contributed by atoms with Gasteiger partial charge in [0, 0.05) is 6.20 Å². The van der Waals surface area contributed by atoms with E-state index in [1.807, 2.05) is 25.1 Å². The van der Waals surface area contributed by atoms with Gasteiger partial charge < -0.3 is 9.15 Å². The van der Waals surface area contributed by atoms with Gasteiger partial charge in [-0.1, -0.05) is 48.2 Å². The fraction of sp³-hybridized carbons (Fsp3) is 0.0833. The van der Waals surface area contributed by atoms with Gasteiger partial charge in [-0.05, 0) is 48.9 Å². The highest BCUT2D eigenvalue weighted by molar-refractivity contribution is 8.26. The predicted octanol–water partition coefficient (Wildman–Crippen LogP) is 4.79. The van der Waals surface area contributed by atoms with Gasteiger partial charge in [-0.15, -0.1) is 0 Å². The van der Waals surface area contributed by atoms with Gasteiger partial charge in [0.25, 0.3) is 11.5 Å². The number of fused-ring (bicyclic) bond motifs is 1. The molecule has 164 valence electrons. The van der Waals surface area contributed by atoms with Crippen LogP contribution in [0.25, 0.3) is 11.7 Å². The third-order valence-electron chi connectivity index (χ3n) is 5.08. The second-order valence-electron chi connectivity index (χ2n) is 7.28.